The van der Waals surface area contributed by atoms with Gasteiger partial charge in [0.05, 0.1) is 11.4 Å². The molecule has 8 heteroatoms. The van der Waals surface area contributed by atoms with Crippen LogP contribution < -0.4 is 5.32 Å². The standard InChI is InChI=1S/C25H35IN4O3/c1-5-12-21(6-2)26-29-22-15-14-20(25(33)30(8-4)18-17-27-7-3)19-23(22)28-16-11-9-10-13-24(31)32/h5-6,12,14-16,19,27H,1-2,7-11,13,17-18H2,3-4H3,(H,31,32)/b21-12+,28-16?. The lowest BCUT2D eigenvalue weighted by molar-refractivity contribution is -0.137. The van der Waals surface area contributed by atoms with Crippen molar-refractivity contribution >= 4 is 50.5 Å². The molecule has 0 unspecified atom stereocenters. The van der Waals surface area contributed by atoms with Gasteiger partial charge in [-0.15, -0.1) is 0 Å². The van der Waals surface area contributed by atoms with E-state index >= 15 is 0 Å². The van der Waals surface area contributed by atoms with Crippen LogP contribution in [0.1, 0.15) is 49.9 Å². The van der Waals surface area contributed by atoms with E-state index in [0.717, 1.165) is 28.8 Å². The van der Waals surface area contributed by atoms with E-state index in [-0.39, 0.29) is 12.3 Å². The van der Waals surface area contributed by atoms with E-state index in [0.29, 0.717) is 37.2 Å². The average Bonchev–Trinajstić information content (AvgIpc) is 2.81. The van der Waals surface area contributed by atoms with E-state index in [1.165, 1.54) is 0 Å². The van der Waals surface area contributed by atoms with Gasteiger partial charge in [0.25, 0.3) is 5.91 Å². The Hall–Kier alpha value is -2.46. The number of aliphatic imine (C=N–C) groups is 1. The molecule has 0 atom stereocenters. The van der Waals surface area contributed by atoms with Crippen molar-refractivity contribution in [3.05, 3.63) is 58.7 Å². The number of nitrogens with one attached hydrogen (secondary N) is 1. The summed E-state index contributed by atoms with van der Waals surface area (Å²) in [6.45, 7) is 14.4. The van der Waals surface area contributed by atoms with Crippen molar-refractivity contribution in [3.63, 3.8) is 0 Å². The van der Waals surface area contributed by atoms with Crippen molar-refractivity contribution in [2.45, 2.75) is 39.5 Å². The Labute approximate surface area is 207 Å². The van der Waals surface area contributed by atoms with Crippen LogP contribution in [0.2, 0.25) is 0 Å². The van der Waals surface area contributed by atoms with Gasteiger partial charge in [-0.3, -0.25) is 14.6 Å². The second kappa shape index (κ2) is 17.1. The van der Waals surface area contributed by atoms with Crippen LogP contribution in [-0.4, -0.2) is 54.3 Å². The molecule has 0 aliphatic carbocycles. The summed E-state index contributed by atoms with van der Waals surface area (Å²) in [6.07, 6.45) is 9.35. The third kappa shape index (κ3) is 11.3. The minimum absolute atomic E-state index is 0.0344. The molecular formula is C25H35IN4O3. The number of hydrogen-bond donors (Lipinski definition) is 2. The number of likely N-dealkylation sites (N-methyl/N-ethyl adjacent to an activating group) is 2. The molecular weight excluding hydrogens is 531 g/mol. The van der Waals surface area contributed by atoms with E-state index in [2.05, 4.69) is 23.5 Å². The van der Waals surface area contributed by atoms with Gasteiger partial charge < -0.3 is 15.3 Å². The Morgan fingerprint density at radius 2 is 2.00 bits per heavy atom. The molecule has 0 aliphatic rings. The minimum atomic E-state index is -0.789. The van der Waals surface area contributed by atoms with Crippen molar-refractivity contribution in [1.29, 1.82) is 0 Å². The van der Waals surface area contributed by atoms with Gasteiger partial charge in [0, 0.05) is 62.4 Å². The third-order valence-electron chi connectivity index (χ3n) is 4.61. The predicted molar refractivity (Wildman–Crippen MR) is 145 cm³/mol. The molecule has 0 bridgehead atoms. The topological polar surface area (TPSA) is 94.4 Å². The lowest BCUT2D eigenvalue weighted by atomic mass is 10.1. The fourth-order valence-electron chi connectivity index (χ4n) is 2.82. The molecule has 0 saturated heterocycles. The van der Waals surface area contributed by atoms with Gasteiger partial charge in [-0.2, -0.15) is 0 Å². The van der Waals surface area contributed by atoms with Crippen molar-refractivity contribution in [2.24, 2.45) is 8.14 Å². The molecule has 1 rings (SSSR count). The second-order valence-electron chi connectivity index (χ2n) is 7.05. The highest BCUT2D eigenvalue weighted by Crippen LogP contribution is 2.34. The Bertz CT molecular complexity index is 894. The number of allylic oxidation sites excluding steroid dienone is 4. The van der Waals surface area contributed by atoms with Crippen LogP contribution in [0.3, 0.4) is 0 Å². The number of halogens is 1. The van der Waals surface area contributed by atoms with Crippen molar-refractivity contribution < 1.29 is 14.7 Å². The lowest BCUT2D eigenvalue weighted by Crippen LogP contribution is -2.36. The highest BCUT2D eigenvalue weighted by molar-refractivity contribution is 14.2. The van der Waals surface area contributed by atoms with Gasteiger partial charge in [-0.1, -0.05) is 32.2 Å². The van der Waals surface area contributed by atoms with Crippen LogP contribution >= 0.6 is 21.0 Å². The Morgan fingerprint density at radius 3 is 2.64 bits per heavy atom. The summed E-state index contributed by atoms with van der Waals surface area (Å²) in [7, 11) is 0. The maximum absolute atomic E-state index is 13.0. The molecule has 1 aromatic carbocycles. The predicted octanol–water partition coefficient (Wildman–Crippen LogP) is 6.15. The molecule has 0 spiro atoms. The van der Waals surface area contributed by atoms with Crippen LogP contribution in [-0.2, 0) is 4.79 Å². The molecule has 7 nitrogen and oxygen atoms in total. The summed E-state index contributed by atoms with van der Waals surface area (Å²) >= 11 is -0.674. The number of carbonyl (C=O) groups excluding carboxylic acids is 1. The molecule has 0 heterocycles. The number of rotatable bonds is 16. The van der Waals surface area contributed by atoms with Crippen LogP contribution in [0.4, 0.5) is 11.4 Å². The van der Waals surface area contributed by atoms with E-state index in [1.807, 2.05) is 30.9 Å². The molecule has 0 fully saturated rings. The summed E-state index contributed by atoms with van der Waals surface area (Å²) in [5.41, 5.74) is 1.95. The number of carbonyl (C=O) groups is 2. The fraction of sp³-hybridized carbons (Fsp3) is 0.400. The Balaban J connectivity index is 3.13. The SMILES string of the molecule is C=C/C=C(\C=C)I=Nc1ccc(C(=O)N(CC)CCNCC)cc1N=CCCCCC(=O)O. The average molecular weight is 566 g/mol. The first-order valence-corrected chi connectivity index (χ1v) is 13.2. The molecule has 1 aromatic rings. The van der Waals surface area contributed by atoms with E-state index < -0.39 is 27.0 Å². The minimum Gasteiger partial charge on any atom is -0.481 e. The number of aliphatic carboxylic acids is 1. The molecule has 0 saturated carbocycles. The largest absolute Gasteiger partial charge is 0.481 e. The van der Waals surface area contributed by atoms with Gasteiger partial charge >= 0.3 is 5.97 Å². The quantitative estimate of drug-likeness (QED) is 0.109. The highest BCUT2D eigenvalue weighted by Gasteiger charge is 2.15. The molecule has 0 radical (unpaired) electrons. The zero-order valence-corrected chi connectivity index (χ0v) is 21.8. The van der Waals surface area contributed by atoms with Gasteiger partial charge in [-0.25, -0.2) is 3.15 Å². The van der Waals surface area contributed by atoms with Crippen molar-refractivity contribution in [2.75, 3.05) is 26.2 Å². The maximum Gasteiger partial charge on any atom is 0.303 e. The number of amides is 1. The number of hydrogen-bond acceptors (Lipinski definition) is 5. The maximum atomic E-state index is 13.0. The first kappa shape index (κ1) is 28.6. The normalized spacial score (nSPS) is 12.0. The second-order valence-corrected chi connectivity index (χ2v) is 9.26. The summed E-state index contributed by atoms with van der Waals surface area (Å²) in [6, 6.07) is 5.44. The molecule has 33 heavy (non-hydrogen) atoms. The molecule has 180 valence electrons. The summed E-state index contributed by atoms with van der Waals surface area (Å²) in [4.78, 5) is 30.1. The monoisotopic (exact) mass is 566 g/mol. The first-order valence-electron chi connectivity index (χ1n) is 11.1. The number of benzene rings is 1. The fourth-order valence-corrected chi connectivity index (χ4v) is 4.38. The Kier molecular flexibility index (Phi) is 14.8. The molecule has 1 amide bonds. The van der Waals surface area contributed by atoms with Gasteiger partial charge in [0.1, 0.15) is 0 Å². The Morgan fingerprint density at radius 1 is 1.21 bits per heavy atom. The van der Waals surface area contributed by atoms with E-state index in [4.69, 9.17) is 8.25 Å². The van der Waals surface area contributed by atoms with Gasteiger partial charge in [0.2, 0.25) is 0 Å². The smallest absolute Gasteiger partial charge is 0.303 e. The number of nitrogens with zero attached hydrogens (tertiary/aromatic N) is 3. The summed E-state index contributed by atoms with van der Waals surface area (Å²) in [5, 5.41) is 12.0. The van der Waals surface area contributed by atoms with Crippen LogP contribution in [0.15, 0.2) is 61.3 Å². The first-order chi connectivity index (χ1) is 16.0. The molecule has 0 aliphatic heterocycles. The third-order valence-corrected chi connectivity index (χ3v) is 6.73. The van der Waals surface area contributed by atoms with Crippen LogP contribution in [0.5, 0.6) is 0 Å². The van der Waals surface area contributed by atoms with E-state index in [1.54, 1.807) is 30.5 Å². The number of carboxylic acids is 1. The van der Waals surface area contributed by atoms with Crippen LogP contribution in [0.25, 0.3) is 0 Å². The summed E-state index contributed by atoms with van der Waals surface area (Å²) in [5.74, 6) is -0.823. The lowest BCUT2D eigenvalue weighted by Gasteiger charge is -2.21. The molecule has 2 N–H and O–H groups in total. The van der Waals surface area contributed by atoms with Crippen molar-refractivity contribution in [1.82, 2.24) is 10.2 Å². The van der Waals surface area contributed by atoms with Crippen LogP contribution in [0, 0.1) is 0 Å². The van der Waals surface area contributed by atoms with Gasteiger partial charge in [0.15, 0.2) is 0 Å². The zero-order valence-electron chi connectivity index (χ0n) is 19.6. The van der Waals surface area contributed by atoms with Gasteiger partial charge in [-0.05, 0) is 57.0 Å². The molecule has 0 aromatic heterocycles. The number of carboxylic acid groups (broad SMARTS) is 1. The summed E-state index contributed by atoms with van der Waals surface area (Å²) < 4.78 is 5.79. The number of unbranched alkanes of at least 4 members (excludes halogenated alkanes) is 2. The highest BCUT2D eigenvalue weighted by atomic mass is 127. The zero-order chi connectivity index (χ0) is 24.5. The van der Waals surface area contributed by atoms with E-state index in [9.17, 15) is 9.59 Å². The van der Waals surface area contributed by atoms with Crippen molar-refractivity contribution in [3.8, 4) is 0 Å².